The molecule has 0 radical (unpaired) electrons. The fraction of sp³-hybridized carbons (Fsp3) is 0.250. The molecule has 0 amide bonds. The summed E-state index contributed by atoms with van der Waals surface area (Å²) in [6, 6.07) is 14.1. The first-order chi connectivity index (χ1) is 12.0. The van der Waals surface area contributed by atoms with E-state index < -0.39 is 5.41 Å². The van der Waals surface area contributed by atoms with Crippen LogP contribution < -0.4 is 5.43 Å². The smallest absolute Gasteiger partial charge is 0.210 e. The molecule has 4 nitrogen and oxygen atoms in total. The van der Waals surface area contributed by atoms with Gasteiger partial charge in [0.15, 0.2) is 0 Å². The molecule has 2 aromatic carbocycles. The van der Waals surface area contributed by atoms with Crippen molar-refractivity contribution in [3.8, 4) is 0 Å². The highest BCUT2D eigenvalue weighted by molar-refractivity contribution is 7.22. The van der Waals surface area contributed by atoms with Gasteiger partial charge in [0.2, 0.25) is 10.9 Å². The summed E-state index contributed by atoms with van der Waals surface area (Å²) in [7, 11) is 0. The maximum absolute atomic E-state index is 12.9. The van der Waals surface area contributed by atoms with Gasteiger partial charge in [0, 0.05) is 11.0 Å². The zero-order valence-corrected chi connectivity index (χ0v) is 15.3. The van der Waals surface area contributed by atoms with E-state index in [4.69, 9.17) is 0 Å². The largest absolute Gasteiger partial charge is 0.287 e. The summed E-state index contributed by atoms with van der Waals surface area (Å²) < 4.78 is 1.10. The first kappa shape index (κ1) is 16.0. The third kappa shape index (κ3) is 2.55. The van der Waals surface area contributed by atoms with Crippen LogP contribution in [0.25, 0.3) is 10.2 Å². The van der Waals surface area contributed by atoms with Crippen LogP contribution in [-0.2, 0) is 11.8 Å². The number of aromatic nitrogens is 1. The van der Waals surface area contributed by atoms with Gasteiger partial charge in [0.25, 0.3) is 0 Å². The highest BCUT2D eigenvalue weighted by atomic mass is 32.1. The summed E-state index contributed by atoms with van der Waals surface area (Å²) in [6.07, 6.45) is 0.914. The topological polar surface area (TPSA) is 54.4 Å². The van der Waals surface area contributed by atoms with Crippen LogP contribution in [0.15, 0.2) is 47.6 Å². The number of benzene rings is 2. The SMILES string of the molecule is CCc1ccc2c(c1)C(=O)/C(=N\Nc1nc3ccccc3s1)C2(C)C. The molecule has 0 fully saturated rings. The molecule has 0 bridgehead atoms. The van der Waals surface area contributed by atoms with E-state index >= 15 is 0 Å². The summed E-state index contributed by atoms with van der Waals surface area (Å²) in [6.45, 7) is 6.18. The zero-order chi connectivity index (χ0) is 17.6. The van der Waals surface area contributed by atoms with Crippen molar-refractivity contribution in [2.24, 2.45) is 5.10 Å². The number of aryl methyl sites for hydroxylation is 1. The molecule has 126 valence electrons. The fourth-order valence-corrected chi connectivity index (χ4v) is 4.11. The number of carbonyl (C=O) groups is 1. The Hall–Kier alpha value is -2.53. The number of Topliss-reactive ketones (excluding diaryl/α,β-unsaturated/α-hetero) is 1. The number of para-hydroxylation sites is 1. The van der Waals surface area contributed by atoms with E-state index in [1.165, 1.54) is 16.9 Å². The molecule has 25 heavy (non-hydrogen) atoms. The molecule has 1 N–H and O–H groups in total. The predicted octanol–water partition coefficient (Wildman–Crippen LogP) is 4.80. The number of nitrogens with zero attached hydrogens (tertiary/aromatic N) is 2. The van der Waals surface area contributed by atoms with Crippen molar-refractivity contribution in [2.45, 2.75) is 32.6 Å². The first-order valence-electron chi connectivity index (χ1n) is 8.38. The van der Waals surface area contributed by atoms with Crippen molar-refractivity contribution in [3.63, 3.8) is 0 Å². The molecule has 4 rings (SSSR count). The third-order valence-electron chi connectivity index (χ3n) is 4.77. The van der Waals surface area contributed by atoms with E-state index in [-0.39, 0.29) is 5.78 Å². The Morgan fingerprint density at radius 3 is 2.76 bits per heavy atom. The van der Waals surface area contributed by atoms with Crippen molar-refractivity contribution in [3.05, 3.63) is 59.2 Å². The van der Waals surface area contributed by atoms with Crippen molar-refractivity contribution in [1.82, 2.24) is 4.98 Å². The van der Waals surface area contributed by atoms with E-state index in [1.807, 2.05) is 44.2 Å². The Bertz CT molecular complexity index is 984. The molecule has 1 heterocycles. The normalized spacial score (nSPS) is 17.2. The van der Waals surface area contributed by atoms with Gasteiger partial charge in [-0.15, -0.1) is 0 Å². The van der Waals surface area contributed by atoms with Crippen molar-refractivity contribution in [2.75, 3.05) is 5.43 Å². The van der Waals surface area contributed by atoms with E-state index in [0.717, 1.165) is 27.8 Å². The number of ketones is 1. The van der Waals surface area contributed by atoms with Crippen molar-refractivity contribution >= 4 is 38.2 Å². The standard InChI is InChI=1S/C20H19N3OS/c1-4-12-9-10-14-13(11-12)17(24)18(20(14,2)3)22-23-19-21-15-7-5-6-8-16(15)25-19/h5-11H,4H2,1-3H3,(H,21,23)/b22-18+. The molecule has 1 aliphatic rings. The lowest BCUT2D eigenvalue weighted by atomic mass is 9.85. The van der Waals surface area contributed by atoms with Crippen LogP contribution in [0.1, 0.15) is 42.3 Å². The van der Waals surface area contributed by atoms with Crippen LogP contribution in [0.4, 0.5) is 5.13 Å². The summed E-state index contributed by atoms with van der Waals surface area (Å²) >= 11 is 1.53. The van der Waals surface area contributed by atoms with Gasteiger partial charge in [0.05, 0.1) is 10.2 Å². The number of carbonyl (C=O) groups excluding carboxylic acids is 1. The molecule has 1 aromatic heterocycles. The van der Waals surface area contributed by atoms with Gasteiger partial charge in [-0.1, -0.05) is 42.5 Å². The number of hydrogen-bond donors (Lipinski definition) is 1. The number of nitrogens with one attached hydrogen (secondary N) is 1. The highest BCUT2D eigenvalue weighted by Crippen LogP contribution is 2.37. The predicted molar refractivity (Wildman–Crippen MR) is 104 cm³/mol. The van der Waals surface area contributed by atoms with Crippen LogP contribution >= 0.6 is 11.3 Å². The molecule has 1 aliphatic carbocycles. The number of rotatable bonds is 3. The number of thiazole rings is 1. The molecule has 3 aromatic rings. The van der Waals surface area contributed by atoms with Crippen molar-refractivity contribution in [1.29, 1.82) is 0 Å². The minimum absolute atomic E-state index is 0.00362. The van der Waals surface area contributed by atoms with Gasteiger partial charge in [-0.2, -0.15) is 5.10 Å². The van der Waals surface area contributed by atoms with Crippen molar-refractivity contribution < 1.29 is 4.79 Å². The zero-order valence-electron chi connectivity index (χ0n) is 14.5. The summed E-state index contributed by atoms with van der Waals surface area (Å²) in [5, 5.41) is 5.15. The Labute approximate surface area is 150 Å². The van der Waals surface area contributed by atoms with Crippen LogP contribution in [0.5, 0.6) is 0 Å². The quantitative estimate of drug-likeness (QED) is 0.691. The average molecular weight is 349 g/mol. The molecule has 0 atom stereocenters. The monoisotopic (exact) mass is 349 g/mol. The number of fused-ring (bicyclic) bond motifs is 2. The second-order valence-corrected chi connectivity index (χ2v) is 7.78. The Morgan fingerprint density at radius 1 is 1.20 bits per heavy atom. The van der Waals surface area contributed by atoms with Crippen LogP contribution in [0.2, 0.25) is 0 Å². The Kier molecular flexibility index (Phi) is 3.69. The maximum Gasteiger partial charge on any atom is 0.210 e. The lowest BCUT2D eigenvalue weighted by Crippen LogP contribution is -2.28. The van der Waals surface area contributed by atoms with Gasteiger partial charge < -0.3 is 0 Å². The van der Waals surface area contributed by atoms with Crippen LogP contribution in [0.3, 0.4) is 0 Å². The minimum atomic E-state index is -0.414. The number of anilines is 1. The highest BCUT2D eigenvalue weighted by Gasteiger charge is 2.43. The molecular weight excluding hydrogens is 330 g/mol. The molecule has 0 spiro atoms. The maximum atomic E-state index is 12.9. The molecular formula is C20H19N3OS. The second-order valence-electron chi connectivity index (χ2n) is 6.75. The molecule has 0 saturated heterocycles. The van der Waals surface area contributed by atoms with Gasteiger partial charge in [-0.05, 0) is 49.6 Å². The first-order valence-corrected chi connectivity index (χ1v) is 9.20. The lowest BCUT2D eigenvalue weighted by Gasteiger charge is -2.19. The Morgan fingerprint density at radius 2 is 2.00 bits per heavy atom. The number of hydrogen-bond acceptors (Lipinski definition) is 5. The minimum Gasteiger partial charge on any atom is -0.287 e. The van der Waals surface area contributed by atoms with Crippen LogP contribution in [0, 0.1) is 0 Å². The number of hydrazone groups is 1. The van der Waals surface area contributed by atoms with E-state index in [2.05, 4.69) is 34.6 Å². The fourth-order valence-electron chi connectivity index (χ4n) is 3.30. The Balaban J connectivity index is 1.70. The summed E-state index contributed by atoms with van der Waals surface area (Å²) in [4.78, 5) is 17.4. The second kappa shape index (κ2) is 5.77. The van der Waals surface area contributed by atoms with E-state index in [9.17, 15) is 4.79 Å². The molecule has 0 aliphatic heterocycles. The summed E-state index contributed by atoms with van der Waals surface area (Å²) in [5.74, 6) is 0.00362. The summed E-state index contributed by atoms with van der Waals surface area (Å²) in [5.41, 5.74) is 7.04. The molecule has 0 saturated carbocycles. The van der Waals surface area contributed by atoms with E-state index in [0.29, 0.717) is 10.8 Å². The van der Waals surface area contributed by atoms with Gasteiger partial charge in [-0.3, -0.25) is 10.2 Å². The van der Waals surface area contributed by atoms with Gasteiger partial charge >= 0.3 is 0 Å². The van der Waals surface area contributed by atoms with Crippen LogP contribution in [-0.4, -0.2) is 16.5 Å². The average Bonchev–Trinajstić information content (AvgIpc) is 3.10. The molecule has 5 heteroatoms. The lowest BCUT2D eigenvalue weighted by molar-refractivity contribution is 0.106. The van der Waals surface area contributed by atoms with Gasteiger partial charge in [0.1, 0.15) is 5.71 Å². The van der Waals surface area contributed by atoms with E-state index in [1.54, 1.807) is 0 Å². The molecule has 0 unspecified atom stereocenters. The van der Waals surface area contributed by atoms with Gasteiger partial charge in [-0.25, -0.2) is 4.98 Å². The third-order valence-corrected chi connectivity index (χ3v) is 5.72.